The summed E-state index contributed by atoms with van der Waals surface area (Å²) in [6.45, 7) is 4.85. The zero-order valence-corrected chi connectivity index (χ0v) is 9.91. The standard InChI is InChI=1S/C12H23N3/c1-13-12(14-8-4-2-5-9-14)15-10-6-3-7-11-15/h2-11H2,1H3. The van der Waals surface area contributed by atoms with E-state index in [0.717, 1.165) is 0 Å². The third-order valence-electron chi connectivity index (χ3n) is 3.48. The van der Waals surface area contributed by atoms with Crippen LogP contribution in [0.5, 0.6) is 0 Å². The van der Waals surface area contributed by atoms with E-state index in [1.54, 1.807) is 0 Å². The normalized spacial score (nSPS) is 22.7. The van der Waals surface area contributed by atoms with Gasteiger partial charge < -0.3 is 9.80 Å². The Labute approximate surface area is 93.2 Å². The van der Waals surface area contributed by atoms with E-state index in [-0.39, 0.29) is 0 Å². The highest BCUT2D eigenvalue weighted by Crippen LogP contribution is 2.15. The second-order valence-electron chi connectivity index (χ2n) is 4.62. The minimum Gasteiger partial charge on any atom is -0.343 e. The van der Waals surface area contributed by atoms with Gasteiger partial charge in [-0.25, -0.2) is 0 Å². The van der Waals surface area contributed by atoms with Crippen LogP contribution in [0, 0.1) is 0 Å². The molecule has 2 aliphatic heterocycles. The van der Waals surface area contributed by atoms with Crippen LogP contribution in [0.25, 0.3) is 0 Å². The van der Waals surface area contributed by atoms with Gasteiger partial charge in [0.2, 0.25) is 0 Å². The number of hydrogen-bond acceptors (Lipinski definition) is 1. The van der Waals surface area contributed by atoms with Gasteiger partial charge in [-0.05, 0) is 38.5 Å². The summed E-state index contributed by atoms with van der Waals surface area (Å²) < 4.78 is 0. The molecule has 3 nitrogen and oxygen atoms in total. The van der Waals surface area contributed by atoms with Crippen LogP contribution in [-0.4, -0.2) is 49.0 Å². The quantitative estimate of drug-likeness (QED) is 0.448. The Kier molecular flexibility index (Phi) is 3.87. The Morgan fingerprint density at radius 1 is 0.733 bits per heavy atom. The van der Waals surface area contributed by atoms with Gasteiger partial charge in [-0.1, -0.05) is 0 Å². The summed E-state index contributed by atoms with van der Waals surface area (Å²) in [7, 11) is 1.94. The fourth-order valence-electron chi connectivity index (χ4n) is 2.67. The smallest absolute Gasteiger partial charge is 0.196 e. The zero-order chi connectivity index (χ0) is 10.5. The Balaban J connectivity index is 1.95. The first kappa shape index (κ1) is 10.8. The fraction of sp³-hybridized carbons (Fsp3) is 0.917. The van der Waals surface area contributed by atoms with Gasteiger partial charge >= 0.3 is 0 Å². The lowest BCUT2D eigenvalue weighted by Crippen LogP contribution is -2.48. The number of rotatable bonds is 0. The third-order valence-corrected chi connectivity index (χ3v) is 3.48. The summed E-state index contributed by atoms with van der Waals surface area (Å²) >= 11 is 0. The van der Waals surface area contributed by atoms with E-state index >= 15 is 0 Å². The van der Waals surface area contributed by atoms with Crippen LogP contribution in [-0.2, 0) is 0 Å². The van der Waals surface area contributed by atoms with Crippen LogP contribution < -0.4 is 0 Å². The largest absolute Gasteiger partial charge is 0.343 e. The maximum atomic E-state index is 4.50. The molecule has 2 rings (SSSR count). The molecule has 0 unspecified atom stereocenters. The first-order chi connectivity index (χ1) is 7.42. The lowest BCUT2D eigenvalue weighted by Gasteiger charge is -2.38. The molecule has 0 amide bonds. The van der Waals surface area contributed by atoms with Crippen LogP contribution in [0.1, 0.15) is 38.5 Å². The molecule has 2 aliphatic rings. The van der Waals surface area contributed by atoms with Crippen molar-refractivity contribution in [2.24, 2.45) is 4.99 Å². The molecule has 0 atom stereocenters. The number of nitrogens with zero attached hydrogens (tertiary/aromatic N) is 3. The van der Waals surface area contributed by atoms with Crippen LogP contribution in [0.2, 0.25) is 0 Å². The molecule has 0 aromatic heterocycles. The molecule has 2 fully saturated rings. The van der Waals surface area contributed by atoms with Crippen molar-refractivity contribution < 1.29 is 0 Å². The lowest BCUT2D eigenvalue weighted by atomic mass is 10.1. The summed E-state index contributed by atoms with van der Waals surface area (Å²) in [5, 5.41) is 0. The highest BCUT2D eigenvalue weighted by molar-refractivity contribution is 5.80. The summed E-state index contributed by atoms with van der Waals surface area (Å²) in [6.07, 6.45) is 8.15. The maximum absolute atomic E-state index is 4.50. The summed E-state index contributed by atoms with van der Waals surface area (Å²) in [6, 6.07) is 0. The predicted molar refractivity (Wildman–Crippen MR) is 64.2 cm³/mol. The summed E-state index contributed by atoms with van der Waals surface area (Å²) in [4.78, 5) is 9.47. The summed E-state index contributed by atoms with van der Waals surface area (Å²) in [5.74, 6) is 1.26. The molecule has 2 heterocycles. The summed E-state index contributed by atoms with van der Waals surface area (Å²) in [5.41, 5.74) is 0. The average Bonchev–Trinajstić information content (AvgIpc) is 2.33. The van der Waals surface area contributed by atoms with E-state index in [1.807, 2.05) is 7.05 Å². The van der Waals surface area contributed by atoms with E-state index in [9.17, 15) is 0 Å². The molecule has 0 aliphatic carbocycles. The molecule has 3 heteroatoms. The fourth-order valence-corrected chi connectivity index (χ4v) is 2.67. The van der Waals surface area contributed by atoms with Gasteiger partial charge in [0.1, 0.15) is 0 Å². The molecular formula is C12H23N3. The van der Waals surface area contributed by atoms with E-state index in [4.69, 9.17) is 0 Å². The second-order valence-corrected chi connectivity index (χ2v) is 4.62. The van der Waals surface area contributed by atoms with Gasteiger partial charge in [-0.15, -0.1) is 0 Å². The second kappa shape index (κ2) is 5.38. The number of aliphatic imine (C=N–C) groups is 1. The third kappa shape index (κ3) is 2.64. The van der Waals surface area contributed by atoms with Gasteiger partial charge in [-0.2, -0.15) is 0 Å². The van der Waals surface area contributed by atoms with Gasteiger partial charge in [0.15, 0.2) is 5.96 Å². The van der Waals surface area contributed by atoms with Crippen molar-refractivity contribution in [2.75, 3.05) is 33.2 Å². The van der Waals surface area contributed by atoms with Crippen LogP contribution in [0.4, 0.5) is 0 Å². The molecule has 0 bridgehead atoms. The van der Waals surface area contributed by atoms with Crippen LogP contribution in [0.15, 0.2) is 4.99 Å². The van der Waals surface area contributed by atoms with Crippen molar-refractivity contribution in [3.8, 4) is 0 Å². The Morgan fingerprint density at radius 2 is 1.13 bits per heavy atom. The molecular weight excluding hydrogens is 186 g/mol. The topological polar surface area (TPSA) is 18.8 Å². The molecule has 0 aromatic rings. The maximum Gasteiger partial charge on any atom is 0.196 e. The minimum atomic E-state index is 1.21. The molecule has 0 radical (unpaired) electrons. The Hall–Kier alpha value is -0.730. The zero-order valence-electron chi connectivity index (χ0n) is 9.91. The molecule has 86 valence electrons. The SMILES string of the molecule is CN=C(N1CCCCC1)N1CCCCC1. The predicted octanol–water partition coefficient (Wildman–Crippen LogP) is 1.94. The highest BCUT2D eigenvalue weighted by atomic mass is 15.4. The highest BCUT2D eigenvalue weighted by Gasteiger charge is 2.21. The number of hydrogen-bond donors (Lipinski definition) is 0. The average molecular weight is 209 g/mol. The minimum absolute atomic E-state index is 1.21. The van der Waals surface area contributed by atoms with E-state index in [1.165, 1.54) is 70.7 Å². The van der Waals surface area contributed by atoms with E-state index < -0.39 is 0 Å². The first-order valence-corrected chi connectivity index (χ1v) is 6.38. The van der Waals surface area contributed by atoms with Crippen molar-refractivity contribution >= 4 is 5.96 Å². The lowest BCUT2D eigenvalue weighted by molar-refractivity contribution is 0.257. The Bertz CT molecular complexity index is 193. The molecule has 0 N–H and O–H groups in total. The van der Waals surface area contributed by atoms with E-state index in [2.05, 4.69) is 14.8 Å². The molecule has 0 saturated carbocycles. The van der Waals surface area contributed by atoms with E-state index in [0.29, 0.717) is 0 Å². The molecule has 0 aromatic carbocycles. The van der Waals surface area contributed by atoms with Crippen molar-refractivity contribution in [3.63, 3.8) is 0 Å². The number of likely N-dealkylation sites (tertiary alicyclic amines) is 2. The van der Waals surface area contributed by atoms with Crippen LogP contribution in [0.3, 0.4) is 0 Å². The first-order valence-electron chi connectivity index (χ1n) is 6.38. The number of piperidine rings is 2. The molecule has 2 saturated heterocycles. The molecule has 15 heavy (non-hydrogen) atoms. The van der Waals surface area contributed by atoms with Gasteiger partial charge in [0, 0.05) is 33.2 Å². The van der Waals surface area contributed by atoms with Crippen LogP contribution >= 0.6 is 0 Å². The monoisotopic (exact) mass is 209 g/mol. The van der Waals surface area contributed by atoms with Crippen molar-refractivity contribution in [2.45, 2.75) is 38.5 Å². The van der Waals surface area contributed by atoms with Gasteiger partial charge in [-0.3, -0.25) is 4.99 Å². The van der Waals surface area contributed by atoms with Crippen molar-refractivity contribution in [1.82, 2.24) is 9.80 Å². The number of guanidine groups is 1. The van der Waals surface area contributed by atoms with Crippen molar-refractivity contribution in [1.29, 1.82) is 0 Å². The van der Waals surface area contributed by atoms with Crippen molar-refractivity contribution in [3.05, 3.63) is 0 Å². The van der Waals surface area contributed by atoms with Gasteiger partial charge in [0.05, 0.1) is 0 Å². The van der Waals surface area contributed by atoms with Gasteiger partial charge in [0.25, 0.3) is 0 Å². The Morgan fingerprint density at radius 3 is 1.47 bits per heavy atom. The molecule has 0 spiro atoms.